The van der Waals surface area contributed by atoms with Crippen molar-refractivity contribution in [1.29, 1.82) is 0 Å². The molecule has 0 N–H and O–H groups in total. The maximum atomic E-state index is 12.1. The number of likely N-dealkylation sites (tertiary alicyclic amines) is 1. The van der Waals surface area contributed by atoms with Gasteiger partial charge in [-0.05, 0) is 63.8 Å². The van der Waals surface area contributed by atoms with Crippen LogP contribution in [0.3, 0.4) is 0 Å². The topological polar surface area (TPSA) is 43.9 Å². The van der Waals surface area contributed by atoms with Gasteiger partial charge in [0.2, 0.25) is 11.8 Å². The van der Waals surface area contributed by atoms with E-state index in [2.05, 4.69) is 67.3 Å². The highest BCUT2D eigenvalue weighted by Crippen LogP contribution is 2.24. The third-order valence-electron chi connectivity index (χ3n) is 6.38. The Balaban J connectivity index is 0. The lowest BCUT2D eigenvalue weighted by molar-refractivity contribution is -0.137. The van der Waals surface area contributed by atoms with E-state index in [9.17, 15) is 9.59 Å². The molecule has 2 amide bonds. The smallest absolute Gasteiger partial charge is 0.223 e. The highest BCUT2D eigenvalue weighted by atomic mass is 16.2. The highest BCUT2D eigenvalue weighted by Gasteiger charge is 2.34. The standard InChI is InChI=1S/C13H26N2O.C13H25NO.2CH4/c1-12(2,3)9-11(16)15-8-7-14(6)13(4,5)10-15;1-13(2,3)9-7-8-12(15)14-10-5-4-6-11-14;;/h7-10H2,1-6H3;4-11H2,1-3H3;2*1H4. The van der Waals surface area contributed by atoms with Crippen LogP contribution in [0.5, 0.6) is 0 Å². The van der Waals surface area contributed by atoms with Gasteiger partial charge >= 0.3 is 0 Å². The molecule has 2 saturated heterocycles. The Morgan fingerprint density at radius 3 is 1.76 bits per heavy atom. The Kier molecular flexibility index (Phi) is 14.8. The minimum Gasteiger partial charge on any atom is -0.343 e. The quantitative estimate of drug-likeness (QED) is 0.474. The van der Waals surface area contributed by atoms with Crippen LogP contribution in [-0.4, -0.2) is 71.8 Å². The van der Waals surface area contributed by atoms with E-state index in [1.807, 2.05) is 9.80 Å². The molecule has 2 aliphatic rings. The van der Waals surface area contributed by atoms with Crippen LogP contribution in [0.1, 0.15) is 115 Å². The van der Waals surface area contributed by atoms with Crippen LogP contribution in [0.2, 0.25) is 0 Å². The van der Waals surface area contributed by atoms with E-state index >= 15 is 0 Å². The van der Waals surface area contributed by atoms with Crippen molar-refractivity contribution in [1.82, 2.24) is 14.7 Å². The fourth-order valence-electron chi connectivity index (χ4n) is 4.09. The molecule has 2 aliphatic heterocycles. The number of piperazine rings is 1. The SMILES string of the molecule is C.C.CC(C)(C)CCCC(=O)N1CCCCC1.CN1CCN(C(=O)CC(C)(C)C)CC1(C)C. The van der Waals surface area contributed by atoms with Crippen molar-refractivity contribution in [2.75, 3.05) is 39.8 Å². The van der Waals surface area contributed by atoms with Gasteiger partial charge in [-0.3, -0.25) is 14.5 Å². The molecule has 2 rings (SSSR count). The minimum atomic E-state index is 0. The summed E-state index contributed by atoms with van der Waals surface area (Å²) in [7, 11) is 2.13. The summed E-state index contributed by atoms with van der Waals surface area (Å²) < 4.78 is 0. The number of hydrogen-bond donors (Lipinski definition) is 0. The van der Waals surface area contributed by atoms with Gasteiger partial charge in [0.15, 0.2) is 0 Å². The Morgan fingerprint density at radius 2 is 1.30 bits per heavy atom. The second-order valence-corrected chi connectivity index (χ2v) is 12.6. The first kappa shape index (κ1) is 34.1. The summed E-state index contributed by atoms with van der Waals surface area (Å²) in [5.41, 5.74) is 0.554. The number of piperidine rings is 1. The van der Waals surface area contributed by atoms with Gasteiger partial charge in [-0.25, -0.2) is 0 Å². The molecule has 2 heterocycles. The summed E-state index contributed by atoms with van der Waals surface area (Å²) in [5, 5.41) is 0. The molecular weight excluding hydrogens is 410 g/mol. The molecule has 33 heavy (non-hydrogen) atoms. The maximum Gasteiger partial charge on any atom is 0.223 e. The summed E-state index contributed by atoms with van der Waals surface area (Å²) in [6.07, 6.45) is 7.28. The van der Waals surface area contributed by atoms with Gasteiger partial charge in [0.1, 0.15) is 0 Å². The fraction of sp³-hybridized carbons (Fsp3) is 0.929. The Morgan fingerprint density at radius 1 is 0.758 bits per heavy atom. The lowest BCUT2D eigenvalue weighted by Crippen LogP contribution is -2.59. The third-order valence-corrected chi connectivity index (χ3v) is 6.38. The molecule has 0 saturated carbocycles. The first-order valence-electron chi connectivity index (χ1n) is 12.4. The molecular formula is C28H59N3O2. The van der Waals surface area contributed by atoms with Gasteiger partial charge in [-0.15, -0.1) is 0 Å². The summed E-state index contributed by atoms with van der Waals surface area (Å²) in [6.45, 7) is 22.1. The molecule has 0 atom stereocenters. The lowest BCUT2D eigenvalue weighted by atomic mass is 9.90. The number of hydrogen-bond acceptors (Lipinski definition) is 3. The van der Waals surface area contributed by atoms with Crippen LogP contribution in [0.15, 0.2) is 0 Å². The molecule has 0 aromatic rings. The zero-order chi connectivity index (χ0) is 23.9. The molecule has 0 spiro atoms. The molecule has 0 bridgehead atoms. The molecule has 0 radical (unpaired) electrons. The molecule has 0 aromatic carbocycles. The maximum absolute atomic E-state index is 12.1. The summed E-state index contributed by atoms with van der Waals surface area (Å²) >= 11 is 0. The van der Waals surface area contributed by atoms with Crippen molar-refractivity contribution in [2.24, 2.45) is 10.8 Å². The fourth-order valence-corrected chi connectivity index (χ4v) is 4.09. The van der Waals surface area contributed by atoms with Crippen molar-refractivity contribution in [3.63, 3.8) is 0 Å². The van der Waals surface area contributed by atoms with Crippen LogP contribution in [0.4, 0.5) is 0 Å². The van der Waals surface area contributed by atoms with E-state index in [0.717, 1.165) is 52.0 Å². The van der Waals surface area contributed by atoms with E-state index in [-0.39, 0.29) is 25.8 Å². The molecule has 0 aromatic heterocycles. The molecule has 0 unspecified atom stereocenters. The minimum absolute atomic E-state index is 0. The van der Waals surface area contributed by atoms with Crippen molar-refractivity contribution < 1.29 is 9.59 Å². The van der Waals surface area contributed by atoms with Crippen LogP contribution in [0.25, 0.3) is 0 Å². The van der Waals surface area contributed by atoms with Crippen LogP contribution < -0.4 is 0 Å². The second-order valence-electron chi connectivity index (χ2n) is 12.6. The Labute approximate surface area is 207 Å². The largest absolute Gasteiger partial charge is 0.343 e. The zero-order valence-corrected chi connectivity index (χ0v) is 22.1. The van der Waals surface area contributed by atoms with Crippen molar-refractivity contribution in [3.8, 4) is 0 Å². The van der Waals surface area contributed by atoms with E-state index < -0.39 is 0 Å². The first-order chi connectivity index (χ1) is 14.1. The van der Waals surface area contributed by atoms with Gasteiger partial charge in [-0.1, -0.05) is 56.4 Å². The van der Waals surface area contributed by atoms with Gasteiger partial charge in [0.05, 0.1) is 0 Å². The van der Waals surface area contributed by atoms with Gasteiger partial charge < -0.3 is 9.80 Å². The van der Waals surface area contributed by atoms with Crippen LogP contribution in [-0.2, 0) is 9.59 Å². The molecule has 5 heteroatoms. The van der Waals surface area contributed by atoms with Gasteiger partial charge in [-0.2, -0.15) is 0 Å². The average Bonchev–Trinajstić information content (AvgIpc) is 2.62. The van der Waals surface area contributed by atoms with E-state index in [1.165, 1.54) is 19.3 Å². The number of amides is 2. The molecule has 2 fully saturated rings. The normalized spacial score (nSPS) is 18.9. The monoisotopic (exact) mass is 469 g/mol. The first-order valence-corrected chi connectivity index (χ1v) is 12.4. The predicted octanol–water partition coefficient (Wildman–Crippen LogP) is 6.46. The zero-order valence-electron chi connectivity index (χ0n) is 22.1. The van der Waals surface area contributed by atoms with Crippen LogP contribution >= 0.6 is 0 Å². The van der Waals surface area contributed by atoms with E-state index in [4.69, 9.17) is 0 Å². The number of likely N-dealkylation sites (N-methyl/N-ethyl adjacent to an activating group) is 1. The summed E-state index contributed by atoms with van der Waals surface area (Å²) in [4.78, 5) is 30.3. The molecule has 5 nitrogen and oxygen atoms in total. The van der Waals surface area contributed by atoms with Crippen molar-refractivity contribution in [2.45, 2.75) is 121 Å². The van der Waals surface area contributed by atoms with Gasteiger partial charge in [0, 0.05) is 51.1 Å². The second kappa shape index (κ2) is 14.3. The number of carbonyl (C=O) groups excluding carboxylic acids is 2. The van der Waals surface area contributed by atoms with Crippen molar-refractivity contribution >= 4 is 11.8 Å². The highest BCUT2D eigenvalue weighted by molar-refractivity contribution is 5.77. The van der Waals surface area contributed by atoms with Crippen LogP contribution in [0, 0.1) is 10.8 Å². The summed E-state index contributed by atoms with van der Waals surface area (Å²) in [5.74, 6) is 0.674. The Hall–Kier alpha value is -1.10. The van der Waals surface area contributed by atoms with E-state index in [1.54, 1.807) is 0 Å². The Bertz CT molecular complexity index is 567. The van der Waals surface area contributed by atoms with E-state index in [0.29, 0.717) is 23.7 Å². The van der Waals surface area contributed by atoms with Gasteiger partial charge in [0.25, 0.3) is 0 Å². The summed E-state index contributed by atoms with van der Waals surface area (Å²) in [6, 6.07) is 0. The number of nitrogens with zero attached hydrogens (tertiary/aromatic N) is 3. The lowest BCUT2D eigenvalue weighted by Gasteiger charge is -2.45. The number of carbonyl (C=O) groups is 2. The molecule has 198 valence electrons. The predicted molar refractivity (Wildman–Crippen MR) is 145 cm³/mol. The third kappa shape index (κ3) is 14.0. The van der Waals surface area contributed by atoms with Crippen molar-refractivity contribution in [3.05, 3.63) is 0 Å². The molecule has 0 aliphatic carbocycles. The average molecular weight is 470 g/mol. The number of rotatable bonds is 4.